The molecule has 0 saturated heterocycles. The van der Waals surface area contributed by atoms with Gasteiger partial charge in [0.2, 0.25) is 0 Å². The van der Waals surface area contributed by atoms with E-state index in [2.05, 4.69) is 46.4 Å². The summed E-state index contributed by atoms with van der Waals surface area (Å²) in [4.78, 5) is 4.57. The molecule has 1 N–H and O–H groups in total. The predicted molar refractivity (Wildman–Crippen MR) is 64.5 cm³/mol. The summed E-state index contributed by atoms with van der Waals surface area (Å²) in [6.07, 6.45) is 0.880. The van der Waals surface area contributed by atoms with Gasteiger partial charge in [0, 0.05) is 0 Å². The van der Waals surface area contributed by atoms with E-state index in [1.807, 2.05) is 0 Å². The second kappa shape index (κ2) is 6.41. The molecule has 0 aliphatic carbocycles. The Kier molecular flexibility index (Phi) is 8.92. The summed E-state index contributed by atoms with van der Waals surface area (Å²) < 4.78 is 0. The summed E-state index contributed by atoms with van der Waals surface area (Å²) in [5.41, 5.74) is 0.00125. The van der Waals surface area contributed by atoms with Crippen molar-refractivity contribution < 1.29 is 10.1 Å². The van der Waals surface area contributed by atoms with E-state index in [0.29, 0.717) is 0 Å². The fraction of sp³-hybridized carbons (Fsp3) is 1.00. The van der Waals surface area contributed by atoms with Crippen molar-refractivity contribution >= 4 is 0 Å². The largest absolute Gasteiger partial charge is 0.251 e. The Balaban J connectivity index is -0.000000605. The lowest BCUT2D eigenvalue weighted by Crippen LogP contribution is -2.41. The summed E-state index contributed by atoms with van der Waals surface area (Å²) in [7, 11) is 0. The lowest BCUT2D eigenvalue weighted by Gasteiger charge is -2.39. The molecular weight excluding hydrogens is 176 g/mol. The Morgan fingerprint density at radius 2 is 1.43 bits per heavy atom. The van der Waals surface area contributed by atoms with Crippen molar-refractivity contribution in [3.8, 4) is 0 Å². The Hall–Kier alpha value is -0.0800. The second-order valence-electron chi connectivity index (χ2n) is 5.19. The minimum atomic E-state index is -0.116. The molecule has 2 nitrogen and oxygen atoms in total. The minimum Gasteiger partial charge on any atom is -0.251 e. The fourth-order valence-electron chi connectivity index (χ4n) is 1.66. The zero-order valence-electron chi connectivity index (χ0n) is 9.14. The average molecular weight is 206 g/mol. The molecule has 90 valence electrons. The van der Waals surface area contributed by atoms with E-state index in [9.17, 15) is 0 Å². The van der Waals surface area contributed by atoms with Crippen LogP contribution in [-0.4, -0.2) is 11.4 Å². The summed E-state index contributed by atoms with van der Waals surface area (Å²) in [6, 6.07) is 0. The summed E-state index contributed by atoms with van der Waals surface area (Å²) >= 11 is 0. The highest BCUT2D eigenvalue weighted by Crippen LogP contribution is 2.37. The monoisotopic (exact) mass is 206 g/mol. The first-order valence-corrected chi connectivity index (χ1v) is 4.56. The van der Waals surface area contributed by atoms with E-state index in [4.69, 9.17) is 5.26 Å². The van der Waals surface area contributed by atoms with Gasteiger partial charge in [0.1, 0.15) is 6.10 Å². The van der Waals surface area contributed by atoms with Gasteiger partial charge in [-0.25, -0.2) is 4.89 Å². The third kappa shape index (κ3) is 4.97. The van der Waals surface area contributed by atoms with Crippen LogP contribution >= 0.6 is 0 Å². The third-order valence-electron chi connectivity index (χ3n) is 2.51. The number of rotatable bonds is 3. The van der Waals surface area contributed by atoms with Crippen LogP contribution in [0.5, 0.6) is 0 Å². The molecule has 0 radical (unpaired) electrons. The van der Waals surface area contributed by atoms with Crippen molar-refractivity contribution in [1.82, 2.24) is 0 Å². The minimum absolute atomic E-state index is 0. The highest BCUT2D eigenvalue weighted by Gasteiger charge is 2.38. The van der Waals surface area contributed by atoms with Crippen LogP contribution in [0.4, 0.5) is 0 Å². The topological polar surface area (TPSA) is 29.5 Å². The molecule has 1 atom stereocenters. The van der Waals surface area contributed by atoms with E-state index in [1.165, 1.54) is 0 Å². The lowest BCUT2D eigenvalue weighted by atomic mass is 9.72. The molecule has 0 fully saturated rings. The SMILES string of the molecule is C.C.CCC(C)(C)C(OO)C(C)(C)C. The van der Waals surface area contributed by atoms with Gasteiger partial charge in [-0.15, -0.1) is 0 Å². The van der Waals surface area contributed by atoms with Crippen molar-refractivity contribution in [2.24, 2.45) is 10.8 Å². The van der Waals surface area contributed by atoms with Gasteiger partial charge in [0.25, 0.3) is 0 Å². The van der Waals surface area contributed by atoms with Gasteiger partial charge < -0.3 is 0 Å². The molecule has 0 aliphatic rings. The molecule has 0 aromatic heterocycles. The summed E-state index contributed by atoms with van der Waals surface area (Å²) in [5, 5.41) is 8.83. The number of hydrogen-bond donors (Lipinski definition) is 1. The van der Waals surface area contributed by atoms with Crippen LogP contribution in [0.25, 0.3) is 0 Å². The summed E-state index contributed by atoms with van der Waals surface area (Å²) in [5.74, 6) is 0. The summed E-state index contributed by atoms with van der Waals surface area (Å²) in [6.45, 7) is 12.6. The molecule has 0 aromatic carbocycles. The molecule has 0 saturated carbocycles. The molecule has 0 amide bonds. The molecule has 0 bridgehead atoms. The second-order valence-corrected chi connectivity index (χ2v) is 5.19. The van der Waals surface area contributed by atoms with Crippen LogP contribution < -0.4 is 0 Å². The zero-order chi connectivity index (χ0) is 9.99. The molecule has 14 heavy (non-hydrogen) atoms. The van der Waals surface area contributed by atoms with Gasteiger partial charge >= 0.3 is 0 Å². The van der Waals surface area contributed by atoms with Crippen LogP contribution in [-0.2, 0) is 4.89 Å². The van der Waals surface area contributed by atoms with E-state index in [0.717, 1.165) is 6.42 Å². The first kappa shape index (κ1) is 19.5. The highest BCUT2D eigenvalue weighted by molar-refractivity contribution is 4.86. The molecule has 2 heteroatoms. The van der Waals surface area contributed by atoms with E-state index in [-0.39, 0.29) is 31.8 Å². The van der Waals surface area contributed by atoms with Gasteiger partial charge in [0.15, 0.2) is 0 Å². The molecular formula is C12H30O2. The maximum atomic E-state index is 8.83. The maximum Gasteiger partial charge on any atom is 0.103 e. The van der Waals surface area contributed by atoms with Gasteiger partial charge in [-0.1, -0.05) is 56.4 Å². The fourth-order valence-corrected chi connectivity index (χ4v) is 1.66. The van der Waals surface area contributed by atoms with Gasteiger partial charge in [0.05, 0.1) is 0 Å². The van der Waals surface area contributed by atoms with Crippen molar-refractivity contribution in [3.05, 3.63) is 0 Å². The van der Waals surface area contributed by atoms with E-state index < -0.39 is 0 Å². The third-order valence-corrected chi connectivity index (χ3v) is 2.51. The van der Waals surface area contributed by atoms with Crippen molar-refractivity contribution in [2.45, 2.75) is 68.9 Å². The molecule has 0 aliphatic heterocycles. The highest BCUT2D eigenvalue weighted by atomic mass is 17.1. The van der Waals surface area contributed by atoms with Crippen LogP contribution in [0.2, 0.25) is 0 Å². The lowest BCUT2D eigenvalue weighted by molar-refractivity contribution is -0.323. The van der Waals surface area contributed by atoms with Gasteiger partial charge in [-0.2, -0.15) is 0 Å². The van der Waals surface area contributed by atoms with Crippen molar-refractivity contribution in [1.29, 1.82) is 0 Å². The van der Waals surface area contributed by atoms with Gasteiger partial charge in [-0.05, 0) is 17.3 Å². The first-order chi connectivity index (χ1) is 5.25. The Labute approximate surface area is 90.6 Å². The molecule has 1 unspecified atom stereocenters. The quantitative estimate of drug-likeness (QED) is 0.540. The molecule has 0 aromatic rings. The molecule has 0 spiro atoms. The zero-order valence-corrected chi connectivity index (χ0v) is 9.14. The Bertz CT molecular complexity index is 134. The Morgan fingerprint density at radius 3 is 1.50 bits per heavy atom. The predicted octanol–water partition coefficient (Wildman–Crippen LogP) is 4.60. The maximum absolute atomic E-state index is 8.83. The normalized spacial score (nSPS) is 13.9. The van der Waals surface area contributed by atoms with Crippen LogP contribution in [0.15, 0.2) is 0 Å². The number of hydrogen-bond acceptors (Lipinski definition) is 2. The Morgan fingerprint density at radius 1 is 1.07 bits per heavy atom. The smallest absolute Gasteiger partial charge is 0.103 e. The van der Waals surface area contributed by atoms with E-state index in [1.54, 1.807) is 0 Å². The van der Waals surface area contributed by atoms with Crippen LogP contribution in [0, 0.1) is 10.8 Å². The molecule has 0 heterocycles. The first-order valence-electron chi connectivity index (χ1n) is 4.56. The van der Waals surface area contributed by atoms with Crippen LogP contribution in [0.1, 0.15) is 62.8 Å². The van der Waals surface area contributed by atoms with E-state index >= 15 is 0 Å². The van der Waals surface area contributed by atoms with Crippen molar-refractivity contribution in [3.63, 3.8) is 0 Å². The average Bonchev–Trinajstić information content (AvgIpc) is 1.85. The van der Waals surface area contributed by atoms with Crippen LogP contribution in [0.3, 0.4) is 0 Å². The molecule has 0 rings (SSSR count). The van der Waals surface area contributed by atoms with Gasteiger partial charge in [-0.3, -0.25) is 5.26 Å². The standard InChI is InChI=1S/C10H22O2.2CH4/c1-7-10(5,6)8(12-11)9(2,3)4;;/h8,11H,7H2,1-6H3;2*1H4. The van der Waals surface area contributed by atoms with Crippen molar-refractivity contribution in [2.75, 3.05) is 0 Å².